The number of rotatable bonds is 2. The van der Waals surface area contributed by atoms with Crippen LogP contribution in [0.3, 0.4) is 0 Å². The second-order valence-electron chi connectivity index (χ2n) is 5.01. The van der Waals surface area contributed by atoms with Crippen LogP contribution in [0, 0.1) is 22.7 Å². The van der Waals surface area contributed by atoms with Gasteiger partial charge in [0.25, 0.3) is 0 Å². The molecule has 0 saturated heterocycles. The Morgan fingerprint density at radius 1 is 0.760 bits per heavy atom. The molecule has 0 saturated carbocycles. The summed E-state index contributed by atoms with van der Waals surface area (Å²) in [6.07, 6.45) is 1.76. The summed E-state index contributed by atoms with van der Waals surface area (Å²) in [7, 11) is -1.46. The van der Waals surface area contributed by atoms with Gasteiger partial charge < -0.3 is 10.0 Å². The van der Waals surface area contributed by atoms with E-state index in [1.807, 2.05) is 36.4 Å². The monoisotopic (exact) mass is 327 g/mol. The Hall–Kier alpha value is -3.45. The molecular weight excluding hydrogens is 313 g/mol. The molecule has 6 heteroatoms. The van der Waals surface area contributed by atoms with Gasteiger partial charge in [-0.1, -0.05) is 30.3 Å². The van der Waals surface area contributed by atoms with Crippen LogP contribution < -0.4 is 5.46 Å². The average Bonchev–Trinajstić information content (AvgIpc) is 2.69. The van der Waals surface area contributed by atoms with Crippen molar-refractivity contribution in [2.24, 2.45) is 0 Å². The second-order valence-corrected chi connectivity index (χ2v) is 5.01. The molecule has 0 radical (unpaired) electrons. The quantitative estimate of drug-likeness (QED) is 0.700. The molecule has 3 rings (SSSR count). The first-order chi connectivity index (χ1) is 12.1. The molecular formula is C19H14BN3O2. The molecule has 2 aromatic carbocycles. The highest BCUT2D eigenvalue weighted by molar-refractivity contribution is 6.58. The summed E-state index contributed by atoms with van der Waals surface area (Å²) in [6, 6.07) is 23.3. The van der Waals surface area contributed by atoms with E-state index in [4.69, 9.17) is 20.6 Å². The minimum atomic E-state index is -1.46. The van der Waals surface area contributed by atoms with E-state index in [1.165, 1.54) is 24.3 Å². The maximum atomic E-state index is 8.66. The van der Waals surface area contributed by atoms with E-state index < -0.39 is 7.12 Å². The highest BCUT2D eigenvalue weighted by atomic mass is 16.4. The Balaban J connectivity index is 0.000000186. The van der Waals surface area contributed by atoms with Crippen molar-refractivity contribution in [3.05, 3.63) is 84.1 Å². The van der Waals surface area contributed by atoms with E-state index >= 15 is 0 Å². The molecule has 0 bridgehead atoms. The van der Waals surface area contributed by atoms with Crippen molar-refractivity contribution < 1.29 is 10.0 Å². The lowest BCUT2D eigenvalue weighted by Gasteiger charge is -1.98. The molecule has 0 aliphatic heterocycles. The number of benzene rings is 2. The van der Waals surface area contributed by atoms with Gasteiger partial charge in [0, 0.05) is 11.8 Å². The molecule has 0 aliphatic rings. The zero-order chi connectivity index (χ0) is 18.1. The maximum Gasteiger partial charge on any atom is 0.488 e. The molecule has 1 aromatic heterocycles. The van der Waals surface area contributed by atoms with Crippen molar-refractivity contribution >= 4 is 12.6 Å². The molecule has 0 amide bonds. The summed E-state index contributed by atoms with van der Waals surface area (Å²) < 4.78 is 0. The van der Waals surface area contributed by atoms with Crippen LogP contribution in [0.5, 0.6) is 0 Å². The SMILES string of the molecule is N#Cc1ccc(-c2ccccn2)cc1.N#Cc1ccc(B(O)O)cc1. The van der Waals surface area contributed by atoms with Crippen molar-refractivity contribution in [2.45, 2.75) is 0 Å². The number of hydrogen-bond acceptors (Lipinski definition) is 5. The van der Waals surface area contributed by atoms with Gasteiger partial charge in [-0.25, -0.2) is 0 Å². The number of nitrogens with zero attached hydrogens (tertiary/aromatic N) is 3. The Morgan fingerprint density at radius 2 is 1.32 bits per heavy atom. The van der Waals surface area contributed by atoms with Crippen LogP contribution in [0.2, 0.25) is 0 Å². The minimum Gasteiger partial charge on any atom is -0.423 e. The van der Waals surface area contributed by atoms with Gasteiger partial charge in [-0.05, 0) is 41.9 Å². The summed E-state index contributed by atoms with van der Waals surface area (Å²) >= 11 is 0. The third kappa shape index (κ3) is 5.30. The lowest BCUT2D eigenvalue weighted by atomic mass is 9.80. The summed E-state index contributed by atoms with van der Waals surface area (Å²) in [6.45, 7) is 0. The molecule has 0 atom stereocenters. The molecule has 120 valence electrons. The lowest BCUT2D eigenvalue weighted by molar-refractivity contribution is 0.426. The molecule has 3 aromatic rings. The van der Waals surface area contributed by atoms with E-state index in [0.29, 0.717) is 16.6 Å². The van der Waals surface area contributed by atoms with Crippen molar-refractivity contribution in [1.82, 2.24) is 4.98 Å². The zero-order valence-electron chi connectivity index (χ0n) is 13.2. The van der Waals surface area contributed by atoms with Crippen molar-refractivity contribution in [3.63, 3.8) is 0 Å². The first-order valence-corrected chi connectivity index (χ1v) is 7.42. The number of nitriles is 2. The van der Waals surface area contributed by atoms with Crippen molar-refractivity contribution in [1.29, 1.82) is 10.5 Å². The van der Waals surface area contributed by atoms with Gasteiger partial charge in [-0.2, -0.15) is 10.5 Å². The van der Waals surface area contributed by atoms with E-state index in [1.54, 1.807) is 18.3 Å². The van der Waals surface area contributed by atoms with E-state index in [9.17, 15) is 0 Å². The van der Waals surface area contributed by atoms with Gasteiger partial charge in [0.15, 0.2) is 0 Å². The van der Waals surface area contributed by atoms with Crippen LogP contribution in [-0.4, -0.2) is 22.2 Å². The Labute approximate surface area is 146 Å². The van der Waals surface area contributed by atoms with Gasteiger partial charge in [0.2, 0.25) is 0 Å². The molecule has 5 nitrogen and oxygen atoms in total. The Morgan fingerprint density at radius 3 is 1.76 bits per heavy atom. The van der Waals surface area contributed by atoms with Crippen LogP contribution in [-0.2, 0) is 0 Å². The third-order valence-corrected chi connectivity index (χ3v) is 3.31. The topological polar surface area (TPSA) is 101 Å². The zero-order valence-corrected chi connectivity index (χ0v) is 13.2. The maximum absolute atomic E-state index is 8.66. The number of hydrogen-bond donors (Lipinski definition) is 2. The normalized spacial score (nSPS) is 9.12. The summed E-state index contributed by atoms with van der Waals surface area (Å²) in [5.74, 6) is 0. The number of aromatic nitrogens is 1. The summed E-state index contributed by atoms with van der Waals surface area (Å²) in [5.41, 5.74) is 3.53. The third-order valence-electron chi connectivity index (χ3n) is 3.31. The van der Waals surface area contributed by atoms with Crippen molar-refractivity contribution in [3.8, 4) is 23.4 Å². The average molecular weight is 327 g/mol. The first kappa shape index (κ1) is 17.9. The smallest absolute Gasteiger partial charge is 0.423 e. The van der Waals surface area contributed by atoms with E-state index in [-0.39, 0.29) is 0 Å². The lowest BCUT2D eigenvalue weighted by Crippen LogP contribution is -2.29. The predicted octanol–water partition coefficient (Wildman–Crippen LogP) is 1.86. The standard InChI is InChI=1S/C12H8N2.C7H6BNO2/c13-9-10-4-6-11(7-5-10)12-3-1-2-8-14-12;9-5-6-1-3-7(4-2-6)8(10)11/h1-8H;1-4,10-11H. The Kier molecular flexibility index (Phi) is 6.44. The van der Waals surface area contributed by atoms with Crippen LogP contribution in [0.15, 0.2) is 72.9 Å². The summed E-state index contributed by atoms with van der Waals surface area (Å²) in [4.78, 5) is 4.22. The van der Waals surface area contributed by atoms with Gasteiger partial charge in [0.05, 0.1) is 29.0 Å². The van der Waals surface area contributed by atoms with Gasteiger partial charge >= 0.3 is 7.12 Å². The fourth-order valence-electron chi connectivity index (χ4n) is 1.98. The Bertz CT molecular complexity index is 881. The second kappa shape index (κ2) is 9.00. The molecule has 0 aliphatic carbocycles. The van der Waals surface area contributed by atoms with E-state index in [2.05, 4.69) is 11.1 Å². The predicted molar refractivity (Wildman–Crippen MR) is 95.4 cm³/mol. The summed E-state index contributed by atoms with van der Waals surface area (Å²) in [5, 5.41) is 34.3. The van der Waals surface area contributed by atoms with Gasteiger partial charge in [-0.3, -0.25) is 4.98 Å². The van der Waals surface area contributed by atoms with Gasteiger partial charge in [-0.15, -0.1) is 0 Å². The van der Waals surface area contributed by atoms with Crippen LogP contribution in [0.4, 0.5) is 0 Å². The van der Waals surface area contributed by atoms with E-state index in [0.717, 1.165) is 11.3 Å². The first-order valence-electron chi connectivity index (χ1n) is 7.42. The molecule has 1 heterocycles. The fraction of sp³-hybridized carbons (Fsp3) is 0. The molecule has 0 fully saturated rings. The van der Waals surface area contributed by atoms with Gasteiger partial charge in [0.1, 0.15) is 0 Å². The molecule has 25 heavy (non-hydrogen) atoms. The van der Waals surface area contributed by atoms with Crippen LogP contribution in [0.25, 0.3) is 11.3 Å². The highest BCUT2D eigenvalue weighted by Gasteiger charge is 2.08. The molecule has 2 N–H and O–H groups in total. The highest BCUT2D eigenvalue weighted by Crippen LogP contribution is 2.16. The molecule has 0 spiro atoms. The minimum absolute atomic E-state index is 0.393. The number of pyridine rings is 1. The van der Waals surface area contributed by atoms with Crippen LogP contribution >= 0.6 is 0 Å². The van der Waals surface area contributed by atoms with Crippen molar-refractivity contribution in [2.75, 3.05) is 0 Å². The fourth-order valence-corrected chi connectivity index (χ4v) is 1.98. The molecule has 0 unspecified atom stereocenters. The van der Waals surface area contributed by atoms with Crippen LogP contribution in [0.1, 0.15) is 11.1 Å². The largest absolute Gasteiger partial charge is 0.488 e.